The number of nitrogens with two attached hydrogens (primary N) is 1. The highest BCUT2D eigenvalue weighted by atomic mass is 16.1. The summed E-state index contributed by atoms with van der Waals surface area (Å²) in [5.74, 6) is -0.0155. The Hall–Kier alpha value is -3.05. The number of piperazine rings is 1. The topological polar surface area (TPSA) is 61.6 Å². The van der Waals surface area contributed by atoms with Crippen LogP contribution in [0.25, 0.3) is 10.8 Å². The third kappa shape index (κ3) is 3.63. The summed E-state index contributed by atoms with van der Waals surface area (Å²) >= 11 is 0. The van der Waals surface area contributed by atoms with Gasteiger partial charge in [0.1, 0.15) is 0 Å². The van der Waals surface area contributed by atoms with Gasteiger partial charge in [-0.25, -0.2) is 0 Å². The standard InChI is InChI=1S/C26H30N4O/c1-18-16-23(27)24(30-14-12-29(2)13-15-30)17-21(18)25(31)28-26(10-11-26)22-9-5-7-19-6-3-4-8-20(19)22/h3-9,16-17H,10-15,27H2,1-2H3,(H,28,31). The molecule has 5 rings (SSSR count). The van der Waals surface area contributed by atoms with Gasteiger partial charge >= 0.3 is 0 Å². The van der Waals surface area contributed by atoms with E-state index in [2.05, 4.69) is 64.6 Å². The highest BCUT2D eigenvalue weighted by molar-refractivity contribution is 5.99. The molecule has 0 radical (unpaired) electrons. The molecule has 1 amide bonds. The maximum absolute atomic E-state index is 13.5. The first-order valence-electron chi connectivity index (χ1n) is 11.1. The highest BCUT2D eigenvalue weighted by Crippen LogP contribution is 2.48. The van der Waals surface area contributed by atoms with Crippen LogP contribution in [0, 0.1) is 6.92 Å². The lowest BCUT2D eigenvalue weighted by Crippen LogP contribution is -2.44. The van der Waals surface area contributed by atoms with Crippen LogP contribution >= 0.6 is 0 Å². The largest absolute Gasteiger partial charge is 0.397 e. The van der Waals surface area contributed by atoms with E-state index in [9.17, 15) is 4.79 Å². The fourth-order valence-corrected chi connectivity index (χ4v) is 4.80. The van der Waals surface area contributed by atoms with Crippen LogP contribution in [0.4, 0.5) is 11.4 Å². The molecule has 2 fully saturated rings. The Balaban J connectivity index is 1.45. The third-order valence-electron chi connectivity index (χ3n) is 6.87. The minimum absolute atomic E-state index is 0.0155. The summed E-state index contributed by atoms with van der Waals surface area (Å²) in [5, 5.41) is 5.81. The summed E-state index contributed by atoms with van der Waals surface area (Å²) in [6.07, 6.45) is 1.93. The maximum atomic E-state index is 13.5. The number of hydrogen-bond donors (Lipinski definition) is 2. The van der Waals surface area contributed by atoms with Gasteiger partial charge in [-0.3, -0.25) is 4.79 Å². The van der Waals surface area contributed by atoms with Crippen LogP contribution in [0.2, 0.25) is 0 Å². The second kappa shape index (κ2) is 7.57. The molecule has 31 heavy (non-hydrogen) atoms. The Kier molecular flexibility index (Phi) is 4.86. The number of benzene rings is 3. The van der Waals surface area contributed by atoms with Crippen LogP contribution in [-0.2, 0) is 5.54 Å². The molecule has 0 bridgehead atoms. The van der Waals surface area contributed by atoms with Gasteiger partial charge in [0.05, 0.1) is 16.9 Å². The van der Waals surface area contributed by atoms with Gasteiger partial charge in [-0.05, 0) is 60.8 Å². The molecular formula is C26H30N4O. The van der Waals surface area contributed by atoms with Crippen LogP contribution < -0.4 is 16.0 Å². The van der Waals surface area contributed by atoms with Crippen LogP contribution in [0.15, 0.2) is 54.6 Å². The van der Waals surface area contributed by atoms with Gasteiger partial charge in [0, 0.05) is 31.7 Å². The van der Waals surface area contributed by atoms with E-state index in [0.29, 0.717) is 0 Å². The van der Waals surface area contributed by atoms with Gasteiger partial charge in [-0.1, -0.05) is 42.5 Å². The van der Waals surface area contributed by atoms with E-state index >= 15 is 0 Å². The number of nitrogens with one attached hydrogen (secondary N) is 1. The van der Waals surface area contributed by atoms with E-state index < -0.39 is 0 Å². The molecule has 0 spiro atoms. The van der Waals surface area contributed by atoms with Gasteiger partial charge in [-0.15, -0.1) is 0 Å². The fraction of sp³-hybridized carbons (Fsp3) is 0.346. The predicted octanol–water partition coefficient (Wildman–Crippen LogP) is 3.90. The second-order valence-corrected chi connectivity index (χ2v) is 9.08. The van der Waals surface area contributed by atoms with E-state index in [1.54, 1.807) is 0 Å². The first-order valence-corrected chi connectivity index (χ1v) is 11.1. The van der Waals surface area contributed by atoms with Crippen molar-refractivity contribution in [3.05, 3.63) is 71.3 Å². The van der Waals surface area contributed by atoms with Gasteiger partial charge < -0.3 is 20.9 Å². The number of carbonyl (C=O) groups excluding carboxylic acids is 1. The van der Waals surface area contributed by atoms with E-state index in [0.717, 1.165) is 61.5 Å². The van der Waals surface area contributed by atoms with Gasteiger partial charge in [0.15, 0.2) is 0 Å². The first-order chi connectivity index (χ1) is 15.0. The summed E-state index contributed by atoms with van der Waals surface area (Å²) in [6, 6.07) is 18.7. The SMILES string of the molecule is Cc1cc(N)c(N2CCN(C)CC2)cc1C(=O)NC1(c2cccc3ccccc23)CC1. The Morgan fingerprint density at radius 2 is 1.71 bits per heavy atom. The average molecular weight is 415 g/mol. The quantitative estimate of drug-likeness (QED) is 0.636. The summed E-state index contributed by atoms with van der Waals surface area (Å²) in [6.45, 7) is 5.81. The zero-order valence-electron chi connectivity index (χ0n) is 18.3. The van der Waals surface area contributed by atoms with Crippen molar-refractivity contribution in [1.29, 1.82) is 0 Å². The Labute approximate surface area is 183 Å². The van der Waals surface area contributed by atoms with Crippen LogP contribution in [0.5, 0.6) is 0 Å². The summed E-state index contributed by atoms with van der Waals surface area (Å²) in [7, 11) is 2.14. The lowest BCUT2D eigenvalue weighted by Gasteiger charge is -2.35. The van der Waals surface area contributed by atoms with E-state index in [4.69, 9.17) is 5.73 Å². The minimum Gasteiger partial charge on any atom is -0.397 e. The minimum atomic E-state index is -0.278. The van der Waals surface area contributed by atoms with Crippen molar-refractivity contribution in [2.45, 2.75) is 25.3 Å². The monoisotopic (exact) mass is 414 g/mol. The van der Waals surface area contributed by atoms with Crippen molar-refractivity contribution in [1.82, 2.24) is 10.2 Å². The molecule has 5 heteroatoms. The van der Waals surface area contributed by atoms with E-state index in [1.165, 1.54) is 16.3 Å². The molecule has 2 aliphatic rings. The lowest BCUT2D eigenvalue weighted by molar-refractivity contribution is 0.0930. The fourth-order valence-electron chi connectivity index (χ4n) is 4.80. The zero-order valence-corrected chi connectivity index (χ0v) is 18.3. The van der Waals surface area contributed by atoms with Gasteiger partial charge in [-0.2, -0.15) is 0 Å². The molecule has 0 aromatic heterocycles. The van der Waals surface area contributed by atoms with E-state index in [-0.39, 0.29) is 11.4 Å². The first kappa shape index (κ1) is 19.9. The summed E-state index contributed by atoms with van der Waals surface area (Å²) < 4.78 is 0. The van der Waals surface area contributed by atoms with Crippen LogP contribution in [-0.4, -0.2) is 44.0 Å². The van der Waals surface area contributed by atoms with Crippen molar-refractivity contribution in [3.63, 3.8) is 0 Å². The second-order valence-electron chi connectivity index (χ2n) is 9.08. The van der Waals surface area contributed by atoms with Crippen LogP contribution in [0.3, 0.4) is 0 Å². The number of hydrogen-bond acceptors (Lipinski definition) is 4. The molecular weight excluding hydrogens is 384 g/mol. The number of rotatable bonds is 4. The van der Waals surface area contributed by atoms with Crippen molar-refractivity contribution >= 4 is 28.1 Å². The number of fused-ring (bicyclic) bond motifs is 1. The highest BCUT2D eigenvalue weighted by Gasteiger charge is 2.46. The Bertz CT molecular complexity index is 1140. The molecule has 0 unspecified atom stereocenters. The molecule has 1 saturated carbocycles. The average Bonchev–Trinajstić information content (AvgIpc) is 3.54. The number of nitrogens with zero attached hydrogens (tertiary/aromatic N) is 2. The number of likely N-dealkylation sites (N-methyl/N-ethyl adjacent to an activating group) is 1. The molecule has 3 aromatic carbocycles. The molecule has 1 saturated heterocycles. The van der Waals surface area contributed by atoms with Crippen LogP contribution in [0.1, 0.15) is 34.3 Å². The molecule has 1 heterocycles. The lowest BCUT2D eigenvalue weighted by atomic mass is 9.96. The predicted molar refractivity (Wildman–Crippen MR) is 128 cm³/mol. The number of nitrogen functional groups attached to an aromatic ring is 1. The maximum Gasteiger partial charge on any atom is 0.252 e. The van der Waals surface area contributed by atoms with Crippen molar-refractivity contribution in [3.8, 4) is 0 Å². The van der Waals surface area contributed by atoms with Gasteiger partial charge in [0.25, 0.3) is 5.91 Å². The summed E-state index contributed by atoms with van der Waals surface area (Å²) in [4.78, 5) is 18.1. The smallest absolute Gasteiger partial charge is 0.252 e. The van der Waals surface area contributed by atoms with Crippen molar-refractivity contribution in [2.75, 3.05) is 43.9 Å². The molecule has 3 aromatic rings. The zero-order chi connectivity index (χ0) is 21.6. The molecule has 0 atom stereocenters. The Morgan fingerprint density at radius 1 is 1.00 bits per heavy atom. The molecule has 5 nitrogen and oxygen atoms in total. The number of carbonyl (C=O) groups is 1. The molecule has 160 valence electrons. The molecule has 1 aliphatic heterocycles. The molecule has 1 aliphatic carbocycles. The van der Waals surface area contributed by atoms with Crippen molar-refractivity contribution < 1.29 is 4.79 Å². The normalized spacial score (nSPS) is 18.2. The number of anilines is 2. The number of aryl methyl sites for hydroxylation is 1. The summed E-state index contributed by atoms with van der Waals surface area (Å²) in [5.41, 5.74) is 10.6. The van der Waals surface area contributed by atoms with Gasteiger partial charge in [0.2, 0.25) is 0 Å². The Morgan fingerprint density at radius 3 is 2.45 bits per heavy atom. The van der Waals surface area contributed by atoms with Crippen molar-refractivity contribution in [2.24, 2.45) is 0 Å². The van der Waals surface area contributed by atoms with E-state index in [1.807, 2.05) is 19.1 Å². The molecule has 3 N–H and O–H groups in total. The number of amides is 1. The third-order valence-corrected chi connectivity index (χ3v) is 6.87.